The minimum atomic E-state index is 0.796. The maximum atomic E-state index is 9.19. The third kappa shape index (κ3) is 3.75. The van der Waals surface area contributed by atoms with Gasteiger partial charge in [0.1, 0.15) is 0 Å². The van der Waals surface area contributed by atoms with E-state index < -0.39 is 0 Å². The third-order valence-corrected chi connectivity index (χ3v) is 4.61. The molecule has 0 aromatic heterocycles. The molecule has 0 unspecified atom stereocenters. The van der Waals surface area contributed by atoms with Crippen LogP contribution in [0, 0.1) is 17.2 Å². The van der Waals surface area contributed by atoms with Gasteiger partial charge in [0.2, 0.25) is 0 Å². The van der Waals surface area contributed by atoms with E-state index in [9.17, 15) is 5.26 Å². The highest BCUT2D eigenvalue weighted by molar-refractivity contribution is 5.37. The molecule has 1 aliphatic rings. The Labute approximate surface area is 133 Å². The first-order chi connectivity index (χ1) is 10.8. The molecular weight excluding hydrogens is 268 g/mol. The number of hydrogen-bond acceptors (Lipinski definition) is 2. The normalized spacial score (nSPS) is 16.3. The van der Waals surface area contributed by atoms with Crippen LogP contribution in [-0.4, -0.2) is 18.0 Å². The lowest BCUT2D eigenvalue weighted by Crippen LogP contribution is -2.34. The standard InChI is InChI=1S/C20H22N2/c21-15-19-8-4-5-9-20(19)16-22-12-10-18(11-13-22)14-17-6-2-1-3-7-17/h1-9,18H,10-14,16H2. The molecule has 2 nitrogen and oxygen atoms in total. The number of nitriles is 1. The van der Waals surface area contributed by atoms with E-state index in [1.807, 2.05) is 18.2 Å². The van der Waals surface area contributed by atoms with Gasteiger partial charge in [0.25, 0.3) is 0 Å². The SMILES string of the molecule is N#Cc1ccccc1CN1CCC(Cc2ccccc2)CC1. The highest BCUT2D eigenvalue weighted by Crippen LogP contribution is 2.23. The van der Waals surface area contributed by atoms with Crippen molar-refractivity contribution in [3.63, 3.8) is 0 Å². The molecule has 1 saturated heterocycles. The Kier molecular flexibility index (Phi) is 4.88. The average molecular weight is 290 g/mol. The van der Waals surface area contributed by atoms with Gasteiger partial charge in [0, 0.05) is 6.54 Å². The van der Waals surface area contributed by atoms with Crippen LogP contribution in [0.25, 0.3) is 0 Å². The van der Waals surface area contributed by atoms with E-state index >= 15 is 0 Å². The molecule has 0 saturated carbocycles. The van der Waals surface area contributed by atoms with Gasteiger partial charge in [-0.2, -0.15) is 5.26 Å². The first kappa shape index (κ1) is 14.8. The van der Waals surface area contributed by atoms with Crippen LogP contribution in [0.4, 0.5) is 0 Å². The zero-order chi connectivity index (χ0) is 15.2. The van der Waals surface area contributed by atoms with Crippen molar-refractivity contribution in [2.24, 2.45) is 5.92 Å². The van der Waals surface area contributed by atoms with Crippen LogP contribution in [0.15, 0.2) is 54.6 Å². The van der Waals surface area contributed by atoms with Gasteiger partial charge < -0.3 is 0 Å². The van der Waals surface area contributed by atoms with E-state index in [2.05, 4.69) is 47.4 Å². The Morgan fingerprint density at radius 1 is 0.955 bits per heavy atom. The van der Waals surface area contributed by atoms with Crippen molar-refractivity contribution in [2.75, 3.05) is 13.1 Å². The number of nitrogens with zero attached hydrogens (tertiary/aromatic N) is 2. The third-order valence-electron chi connectivity index (χ3n) is 4.61. The van der Waals surface area contributed by atoms with E-state index in [-0.39, 0.29) is 0 Å². The van der Waals surface area contributed by atoms with E-state index in [1.165, 1.54) is 24.8 Å². The lowest BCUT2D eigenvalue weighted by Gasteiger charge is -2.32. The Morgan fingerprint density at radius 2 is 1.64 bits per heavy atom. The quantitative estimate of drug-likeness (QED) is 0.850. The van der Waals surface area contributed by atoms with Crippen LogP contribution in [0.2, 0.25) is 0 Å². The number of piperidine rings is 1. The molecule has 22 heavy (non-hydrogen) atoms. The Bertz CT molecular complexity index is 634. The van der Waals surface area contributed by atoms with Gasteiger partial charge in [-0.3, -0.25) is 4.90 Å². The largest absolute Gasteiger partial charge is 0.299 e. The van der Waals surface area contributed by atoms with Gasteiger partial charge in [0.15, 0.2) is 0 Å². The number of rotatable bonds is 4. The molecule has 2 aromatic rings. The summed E-state index contributed by atoms with van der Waals surface area (Å²) < 4.78 is 0. The molecule has 3 rings (SSSR count). The van der Waals surface area contributed by atoms with Crippen LogP contribution in [-0.2, 0) is 13.0 Å². The fourth-order valence-electron chi connectivity index (χ4n) is 3.30. The molecule has 0 amide bonds. The summed E-state index contributed by atoms with van der Waals surface area (Å²) in [6.07, 6.45) is 3.71. The smallest absolute Gasteiger partial charge is 0.0995 e. The van der Waals surface area contributed by atoms with Crippen molar-refractivity contribution in [2.45, 2.75) is 25.8 Å². The maximum absolute atomic E-state index is 9.19. The zero-order valence-corrected chi connectivity index (χ0v) is 12.9. The molecule has 1 aliphatic heterocycles. The Balaban J connectivity index is 1.53. The van der Waals surface area contributed by atoms with Crippen LogP contribution in [0.1, 0.15) is 29.5 Å². The number of benzene rings is 2. The molecule has 0 aliphatic carbocycles. The molecule has 0 radical (unpaired) electrons. The molecule has 112 valence electrons. The van der Waals surface area contributed by atoms with Crippen molar-refractivity contribution in [1.82, 2.24) is 4.90 Å². The van der Waals surface area contributed by atoms with Crippen LogP contribution in [0.3, 0.4) is 0 Å². The summed E-state index contributed by atoms with van der Waals surface area (Å²) in [5, 5.41) is 9.19. The minimum absolute atomic E-state index is 0.796. The van der Waals surface area contributed by atoms with Gasteiger partial charge in [-0.1, -0.05) is 48.5 Å². The van der Waals surface area contributed by atoms with Crippen molar-refractivity contribution >= 4 is 0 Å². The van der Waals surface area contributed by atoms with Gasteiger partial charge in [-0.15, -0.1) is 0 Å². The van der Waals surface area contributed by atoms with E-state index in [0.29, 0.717) is 0 Å². The average Bonchev–Trinajstić information content (AvgIpc) is 2.58. The van der Waals surface area contributed by atoms with Gasteiger partial charge >= 0.3 is 0 Å². The fourth-order valence-corrected chi connectivity index (χ4v) is 3.30. The fraction of sp³-hybridized carbons (Fsp3) is 0.350. The zero-order valence-electron chi connectivity index (χ0n) is 12.9. The van der Waals surface area contributed by atoms with Crippen LogP contribution < -0.4 is 0 Å². The van der Waals surface area contributed by atoms with Crippen LogP contribution >= 0.6 is 0 Å². The summed E-state index contributed by atoms with van der Waals surface area (Å²) >= 11 is 0. The summed E-state index contributed by atoms with van der Waals surface area (Å²) in [4.78, 5) is 2.48. The van der Waals surface area contributed by atoms with Crippen molar-refractivity contribution in [1.29, 1.82) is 5.26 Å². The van der Waals surface area contributed by atoms with Crippen molar-refractivity contribution in [3.05, 3.63) is 71.3 Å². The van der Waals surface area contributed by atoms with E-state index in [0.717, 1.165) is 36.7 Å². The second-order valence-corrected chi connectivity index (χ2v) is 6.18. The monoisotopic (exact) mass is 290 g/mol. The first-order valence-electron chi connectivity index (χ1n) is 8.09. The van der Waals surface area contributed by atoms with E-state index in [4.69, 9.17) is 0 Å². The topological polar surface area (TPSA) is 27.0 Å². The highest BCUT2D eigenvalue weighted by atomic mass is 15.1. The predicted octanol–water partition coefficient (Wildman–Crippen LogP) is 4.01. The summed E-state index contributed by atoms with van der Waals surface area (Å²) in [6, 6.07) is 21.1. The maximum Gasteiger partial charge on any atom is 0.0995 e. The van der Waals surface area contributed by atoms with Gasteiger partial charge in [-0.25, -0.2) is 0 Å². The van der Waals surface area contributed by atoms with E-state index in [1.54, 1.807) is 0 Å². The molecule has 0 bridgehead atoms. The molecule has 1 fully saturated rings. The van der Waals surface area contributed by atoms with Crippen molar-refractivity contribution in [3.8, 4) is 6.07 Å². The molecule has 1 heterocycles. The van der Waals surface area contributed by atoms with Crippen molar-refractivity contribution < 1.29 is 0 Å². The van der Waals surface area contributed by atoms with Gasteiger partial charge in [-0.05, 0) is 55.5 Å². The van der Waals surface area contributed by atoms with Gasteiger partial charge in [0.05, 0.1) is 11.6 Å². The number of hydrogen-bond donors (Lipinski definition) is 0. The second-order valence-electron chi connectivity index (χ2n) is 6.18. The lowest BCUT2D eigenvalue weighted by molar-refractivity contribution is 0.177. The minimum Gasteiger partial charge on any atom is -0.299 e. The van der Waals surface area contributed by atoms with Crippen LogP contribution in [0.5, 0.6) is 0 Å². The first-order valence-corrected chi connectivity index (χ1v) is 8.09. The Morgan fingerprint density at radius 3 is 2.36 bits per heavy atom. The molecule has 2 heteroatoms. The second kappa shape index (κ2) is 7.24. The molecule has 0 spiro atoms. The number of likely N-dealkylation sites (tertiary alicyclic amines) is 1. The summed E-state index contributed by atoms with van der Waals surface area (Å²) in [7, 11) is 0. The summed E-state index contributed by atoms with van der Waals surface area (Å²) in [5.74, 6) is 0.796. The molecule has 0 N–H and O–H groups in total. The molecular formula is C20H22N2. The molecule has 2 aromatic carbocycles. The highest BCUT2D eigenvalue weighted by Gasteiger charge is 2.20. The Hall–Kier alpha value is -2.11. The summed E-state index contributed by atoms with van der Waals surface area (Å²) in [6.45, 7) is 3.18. The predicted molar refractivity (Wildman–Crippen MR) is 89.3 cm³/mol. The molecule has 0 atom stereocenters. The summed E-state index contributed by atoms with van der Waals surface area (Å²) in [5.41, 5.74) is 3.43. The lowest BCUT2D eigenvalue weighted by atomic mass is 9.90.